The second kappa shape index (κ2) is 1.99. The Morgan fingerprint density at radius 1 is 1.55 bits per heavy atom. The maximum Gasteiger partial charge on any atom is 0.0883 e. The first-order valence-electron chi connectivity index (χ1n) is 3.47. The van der Waals surface area contributed by atoms with Gasteiger partial charge in [-0.05, 0) is 18.6 Å². The number of nitrogens with two attached hydrogens (primary N) is 1. The number of hydrogen-bond acceptors (Lipinski definition) is 2. The van der Waals surface area contributed by atoms with E-state index in [4.69, 9.17) is 5.73 Å². The number of aromatic nitrogens is 2. The first kappa shape index (κ1) is 6.22. The van der Waals surface area contributed by atoms with Crippen molar-refractivity contribution in [2.24, 2.45) is 0 Å². The summed E-state index contributed by atoms with van der Waals surface area (Å²) in [6.07, 6.45) is 3.55. The number of hydrogen-bond donors (Lipinski definition) is 2. The van der Waals surface area contributed by atoms with Crippen molar-refractivity contribution in [2.45, 2.75) is 6.92 Å². The van der Waals surface area contributed by atoms with E-state index in [0.29, 0.717) is 0 Å². The number of fused-ring (bicyclic) bond motifs is 1. The normalized spacial score (nSPS) is 10.6. The molecule has 3 N–H and O–H groups in total. The number of H-pyrrole nitrogens is 1. The lowest BCUT2D eigenvalue weighted by molar-refractivity contribution is 1.35. The summed E-state index contributed by atoms with van der Waals surface area (Å²) in [5, 5.41) is 0. The molecule has 0 saturated carbocycles. The molecule has 2 aromatic heterocycles. The Morgan fingerprint density at radius 2 is 2.36 bits per heavy atom. The van der Waals surface area contributed by atoms with Crippen LogP contribution in [0.5, 0.6) is 0 Å². The van der Waals surface area contributed by atoms with Crippen molar-refractivity contribution in [2.75, 3.05) is 5.73 Å². The molecule has 11 heavy (non-hydrogen) atoms. The number of rotatable bonds is 0. The van der Waals surface area contributed by atoms with Gasteiger partial charge in [-0.2, -0.15) is 0 Å². The summed E-state index contributed by atoms with van der Waals surface area (Å²) in [6, 6.07) is 1.93. The summed E-state index contributed by atoms with van der Waals surface area (Å²) < 4.78 is 0. The van der Waals surface area contributed by atoms with Crippen LogP contribution in [0.3, 0.4) is 0 Å². The summed E-state index contributed by atoms with van der Waals surface area (Å²) in [5.41, 5.74) is 9.47. The minimum absolute atomic E-state index is 0.736. The van der Waals surface area contributed by atoms with Gasteiger partial charge in [0.1, 0.15) is 0 Å². The lowest BCUT2D eigenvalue weighted by Gasteiger charge is -1.98. The number of pyridine rings is 1. The molecule has 56 valence electrons. The quantitative estimate of drug-likeness (QED) is 0.592. The molecule has 0 atom stereocenters. The first-order valence-corrected chi connectivity index (χ1v) is 3.47. The van der Waals surface area contributed by atoms with Gasteiger partial charge in [0.2, 0.25) is 0 Å². The Kier molecular flexibility index (Phi) is 1.12. The van der Waals surface area contributed by atoms with E-state index in [0.717, 1.165) is 22.3 Å². The maximum atomic E-state index is 5.66. The molecule has 2 aromatic rings. The third-order valence-electron chi connectivity index (χ3n) is 1.88. The molecular formula is C8H9N3. The van der Waals surface area contributed by atoms with Crippen LogP contribution in [0.2, 0.25) is 0 Å². The van der Waals surface area contributed by atoms with Gasteiger partial charge in [-0.1, -0.05) is 0 Å². The van der Waals surface area contributed by atoms with Gasteiger partial charge in [0, 0.05) is 6.20 Å². The fourth-order valence-electron chi connectivity index (χ4n) is 1.15. The number of aromatic amines is 1. The van der Waals surface area contributed by atoms with Crippen molar-refractivity contribution < 1.29 is 0 Å². The molecule has 0 saturated heterocycles. The molecule has 3 heteroatoms. The first-order chi connectivity index (χ1) is 5.29. The van der Waals surface area contributed by atoms with Gasteiger partial charge in [0.25, 0.3) is 0 Å². The van der Waals surface area contributed by atoms with Crippen molar-refractivity contribution in [3.63, 3.8) is 0 Å². The minimum Gasteiger partial charge on any atom is -0.397 e. The van der Waals surface area contributed by atoms with Crippen LogP contribution in [-0.4, -0.2) is 9.97 Å². The van der Waals surface area contributed by atoms with Crippen molar-refractivity contribution in [3.8, 4) is 0 Å². The van der Waals surface area contributed by atoms with E-state index >= 15 is 0 Å². The third kappa shape index (κ3) is 0.774. The van der Waals surface area contributed by atoms with Crippen LogP contribution in [-0.2, 0) is 0 Å². The van der Waals surface area contributed by atoms with E-state index in [1.54, 1.807) is 6.20 Å². The van der Waals surface area contributed by atoms with Crippen LogP contribution < -0.4 is 5.73 Å². The number of nitrogens with zero attached hydrogens (tertiary/aromatic N) is 1. The van der Waals surface area contributed by atoms with Gasteiger partial charge in [-0.25, -0.2) is 0 Å². The van der Waals surface area contributed by atoms with Gasteiger partial charge in [0.15, 0.2) is 0 Å². The Balaban J connectivity index is 2.93. The summed E-state index contributed by atoms with van der Waals surface area (Å²) in [5.74, 6) is 0. The monoisotopic (exact) mass is 147 g/mol. The van der Waals surface area contributed by atoms with E-state index in [1.807, 2.05) is 19.2 Å². The summed E-state index contributed by atoms with van der Waals surface area (Å²) >= 11 is 0. The molecule has 2 rings (SSSR count). The van der Waals surface area contributed by atoms with Gasteiger partial charge in [0.05, 0.1) is 22.9 Å². The highest BCUT2D eigenvalue weighted by Gasteiger charge is 2.00. The third-order valence-corrected chi connectivity index (χ3v) is 1.88. The Hall–Kier alpha value is -1.51. The van der Waals surface area contributed by atoms with Crippen molar-refractivity contribution >= 4 is 16.7 Å². The standard InChI is InChI=1S/C8H9N3/c1-5-6(9)4-11-7-2-3-10-8(5)7/h2-4,10H,9H2,1H3. The molecule has 3 nitrogen and oxygen atoms in total. The van der Waals surface area contributed by atoms with Crippen LogP contribution >= 0.6 is 0 Å². The highest BCUT2D eigenvalue weighted by molar-refractivity contribution is 5.82. The summed E-state index contributed by atoms with van der Waals surface area (Å²) in [7, 11) is 0. The van der Waals surface area contributed by atoms with E-state index < -0.39 is 0 Å². The maximum absolute atomic E-state index is 5.66. The molecule has 0 aliphatic rings. The molecule has 0 radical (unpaired) electrons. The van der Waals surface area contributed by atoms with Crippen molar-refractivity contribution in [3.05, 3.63) is 24.0 Å². The molecule has 0 amide bonds. The molecule has 0 aromatic carbocycles. The Bertz CT molecular complexity index is 389. The number of aryl methyl sites for hydroxylation is 1. The summed E-state index contributed by atoms with van der Waals surface area (Å²) in [4.78, 5) is 7.23. The molecule has 2 heterocycles. The van der Waals surface area contributed by atoms with Gasteiger partial charge in [-0.15, -0.1) is 0 Å². The van der Waals surface area contributed by atoms with Crippen LogP contribution in [0.25, 0.3) is 11.0 Å². The van der Waals surface area contributed by atoms with Gasteiger partial charge >= 0.3 is 0 Å². The zero-order valence-corrected chi connectivity index (χ0v) is 6.26. The van der Waals surface area contributed by atoms with Gasteiger partial charge in [-0.3, -0.25) is 4.98 Å². The highest BCUT2D eigenvalue weighted by Crippen LogP contribution is 2.18. The lowest BCUT2D eigenvalue weighted by atomic mass is 10.2. The molecular weight excluding hydrogens is 138 g/mol. The second-order valence-electron chi connectivity index (χ2n) is 2.58. The summed E-state index contributed by atoms with van der Waals surface area (Å²) in [6.45, 7) is 1.98. The van der Waals surface area contributed by atoms with Crippen LogP contribution in [0.1, 0.15) is 5.56 Å². The topological polar surface area (TPSA) is 54.7 Å². The van der Waals surface area contributed by atoms with Crippen LogP contribution in [0.15, 0.2) is 18.5 Å². The zero-order valence-electron chi connectivity index (χ0n) is 6.26. The number of anilines is 1. The van der Waals surface area contributed by atoms with Gasteiger partial charge < -0.3 is 10.7 Å². The fraction of sp³-hybridized carbons (Fsp3) is 0.125. The smallest absolute Gasteiger partial charge is 0.0883 e. The zero-order chi connectivity index (χ0) is 7.84. The number of nitrogen functional groups attached to an aromatic ring is 1. The van der Waals surface area contributed by atoms with Crippen LogP contribution in [0, 0.1) is 6.92 Å². The van der Waals surface area contributed by atoms with E-state index in [-0.39, 0.29) is 0 Å². The minimum atomic E-state index is 0.736. The fourth-order valence-corrected chi connectivity index (χ4v) is 1.15. The van der Waals surface area contributed by atoms with Crippen molar-refractivity contribution in [1.82, 2.24) is 9.97 Å². The predicted molar refractivity (Wildman–Crippen MR) is 45.2 cm³/mol. The lowest BCUT2D eigenvalue weighted by Crippen LogP contribution is -1.91. The average Bonchev–Trinajstić information content (AvgIpc) is 2.45. The molecule has 0 unspecified atom stereocenters. The average molecular weight is 147 g/mol. The van der Waals surface area contributed by atoms with E-state index in [9.17, 15) is 0 Å². The highest BCUT2D eigenvalue weighted by atomic mass is 14.8. The molecule has 0 aliphatic heterocycles. The van der Waals surface area contributed by atoms with Crippen LogP contribution in [0.4, 0.5) is 5.69 Å². The Labute approximate surface area is 64.2 Å². The SMILES string of the molecule is Cc1c(N)cnc2cc[nH]c12. The molecule has 0 spiro atoms. The largest absolute Gasteiger partial charge is 0.397 e. The van der Waals surface area contributed by atoms with E-state index in [1.165, 1.54) is 0 Å². The predicted octanol–water partition coefficient (Wildman–Crippen LogP) is 1.45. The molecule has 0 aliphatic carbocycles. The number of nitrogens with one attached hydrogen (secondary N) is 1. The van der Waals surface area contributed by atoms with Crippen molar-refractivity contribution in [1.29, 1.82) is 0 Å². The second-order valence-corrected chi connectivity index (χ2v) is 2.58. The molecule has 0 fully saturated rings. The van der Waals surface area contributed by atoms with E-state index in [2.05, 4.69) is 9.97 Å². The Morgan fingerprint density at radius 3 is 3.18 bits per heavy atom. The molecule has 0 bridgehead atoms.